The summed E-state index contributed by atoms with van der Waals surface area (Å²) in [4.78, 5) is 25.2. The van der Waals surface area contributed by atoms with E-state index >= 15 is 0 Å². The van der Waals surface area contributed by atoms with Gasteiger partial charge in [0.05, 0.1) is 26.4 Å². The van der Waals surface area contributed by atoms with E-state index in [0.29, 0.717) is 23.8 Å². The Morgan fingerprint density at radius 3 is 2.81 bits per heavy atom. The van der Waals surface area contributed by atoms with Crippen LogP contribution in [0.15, 0.2) is 30.6 Å². The summed E-state index contributed by atoms with van der Waals surface area (Å²) in [7, 11) is 1.40. The lowest BCUT2D eigenvalue weighted by atomic mass is 10.1. The Hall–Kier alpha value is -2.96. The first-order valence-corrected chi connectivity index (χ1v) is 9.27. The van der Waals surface area contributed by atoms with Gasteiger partial charge in [0.1, 0.15) is 11.3 Å². The molecule has 4 rings (SSSR count). The first-order chi connectivity index (χ1) is 13.1. The van der Waals surface area contributed by atoms with Crippen LogP contribution in [0, 0.1) is 0 Å². The first-order valence-electron chi connectivity index (χ1n) is 9.27. The number of fused-ring (bicyclic) bond motifs is 1. The monoisotopic (exact) mass is 365 g/mol. The largest absolute Gasteiger partial charge is 0.469 e. The third kappa shape index (κ3) is 3.63. The molecule has 0 bridgehead atoms. The molecule has 1 aliphatic carbocycles. The summed E-state index contributed by atoms with van der Waals surface area (Å²) in [5.74, 6) is 1.42. The van der Waals surface area contributed by atoms with Crippen molar-refractivity contribution in [2.45, 2.75) is 44.6 Å². The molecule has 0 spiro atoms. The second-order valence-corrected chi connectivity index (χ2v) is 7.07. The smallest absolute Gasteiger partial charge is 0.309 e. The van der Waals surface area contributed by atoms with E-state index < -0.39 is 0 Å². The summed E-state index contributed by atoms with van der Waals surface area (Å²) < 4.78 is 6.74. The number of nitrogens with zero attached hydrogens (tertiary/aromatic N) is 4. The van der Waals surface area contributed by atoms with E-state index in [1.807, 2.05) is 28.8 Å². The van der Waals surface area contributed by atoms with Crippen LogP contribution in [-0.4, -0.2) is 32.6 Å². The first kappa shape index (κ1) is 17.5. The van der Waals surface area contributed by atoms with Crippen LogP contribution in [0.4, 0.5) is 5.82 Å². The van der Waals surface area contributed by atoms with Crippen molar-refractivity contribution in [1.29, 1.82) is 0 Å². The number of aromatic nitrogens is 4. The minimum Gasteiger partial charge on any atom is -0.469 e. The number of hydrogen-bond donors (Lipinski definition) is 1. The van der Waals surface area contributed by atoms with Crippen molar-refractivity contribution >= 4 is 23.0 Å². The number of rotatable bonds is 5. The van der Waals surface area contributed by atoms with Gasteiger partial charge in [0.2, 0.25) is 0 Å². The van der Waals surface area contributed by atoms with Gasteiger partial charge in [-0.1, -0.05) is 37.1 Å². The van der Waals surface area contributed by atoms with Crippen molar-refractivity contribution in [2.24, 2.45) is 0 Å². The van der Waals surface area contributed by atoms with E-state index in [2.05, 4.69) is 9.97 Å². The summed E-state index contributed by atoms with van der Waals surface area (Å²) in [6.07, 6.45) is 6.69. The Morgan fingerprint density at radius 2 is 2.04 bits per heavy atom. The minimum atomic E-state index is -0.248. The fourth-order valence-electron chi connectivity index (χ4n) is 3.74. The van der Waals surface area contributed by atoms with Gasteiger partial charge in [-0.3, -0.25) is 4.79 Å². The number of anilines is 1. The molecule has 0 radical (unpaired) electrons. The maximum absolute atomic E-state index is 11.5. The number of carbonyl (C=O) groups excluding carboxylic acids is 1. The van der Waals surface area contributed by atoms with E-state index in [0.717, 1.165) is 35.4 Å². The van der Waals surface area contributed by atoms with Crippen LogP contribution in [0.3, 0.4) is 0 Å². The number of imidazole rings is 1. The van der Waals surface area contributed by atoms with Gasteiger partial charge in [-0.2, -0.15) is 0 Å². The normalized spacial score (nSPS) is 14.7. The molecule has 1 aromatic carbocycles. The van der Waals surface area contributed by atoms with Gasteiger partial charge in [-0.05, 0) is 24.0 Å². The van der Waals surface area contributed by atoms with Crippen LogP contribution in [-0.2, 0) is 22.5 Å². The predicted octanol–water partition coefficient (Wildman–Crippen LogP) is 2.83. The Morgan fingerprint density at radius 1 is 1.26 bits per heavy atom. The highest BCUT2D eigenvalue weighted by Crippen LogP contribution is 2.33. The summed E-state index contributed by atoms with van der Waals surface area (Å²) in [6, 6.07) is 7.89. The summed E-state index contributed by atoms with van der Waals surface area (Å²) in [6.45, 7) is 0.603. The van der Waals surface area contributed by atoms with E-state index in [-0.39, 0.29) is 12.4 Å². The lowest BCUT2D eigenvalue weighted by molar-refractivity contribution is -0.139. The topological polar surface area (TPSA) is 95.9 Å². The molecule has 27 heavy (non-hydrogen) atoms. The Kier molecular flexibility index (Phi) is 4.75. The minimum absolute atomic E-state index is 0.248. The molecule has 2 N–H and O–H groups in total. The lowest BCUT2D eigenvalue weighted by Crippen LogP contribution is -2.08. The molecule has 0 atom stereocenters. The number of methoxy groups -OCH3 is 1. The molecule has 2 heterocycles. The number of nitrogens with two attached hydrogens (primary N) is 1. The summed E-state index contributed by atoms with van der Waals surface area (Å²) in [5.41, 5.74) is 9.54. The van der Waals surface area contributed by atoms with Crippen LogP contribution in [0.2, 0.25) is 0 Å². The summed E-state index contributed by atoms with van der Waals surface area (Å²) in [5, 5.41) is 0. The number of ether oxygens (including phenoxy) is 1. The third-order valence-corrected chi connectivity index (χ3v) is 5.15. The highest BCUT2D eigenvalue weighted by Gasteiger charge is 2.22. The number of esters is 1. The average molecular weight is 365 g/mol. The van der Waals surface area contributed by atoms with E-state index in [9.17, 15) is 4.79 Å². The maximum Gasteiger partial charge on any atom is 0.309 e. The molecule has 0 aliphatic heterocycles. The molecular weight excluding hydrogens is 342 g/mol. The fourth-order valence-corrected chi connectivity index (χ4v) is 3.74. The Balaban J connectivity index is 1.64. The highest BCUT2D eigenvalue weighted by molar-refractivity contribution is 5.81. The molecule has 1 fully saturated rings. The van der Waals surface area contributed by atoms with E-state index in [1.54, 1.807) is 6.33 Å². The van der Waals surface area contributed by atoms with Gasteiger partial charge in [0.15, 0.2) is 11.5 Å². The fraction of sp³-hybridized carbons (Fsp3) is 0.400. The second kappa shape index (κ2) is 7.34. The number of nitrogen functional groups attached to an aromatic ring is 1. The van der Waals surface area contributed by atoms with Crippen LogP contribution >= 0.6 is 0 Å². The van der Waals surface area contributed by atoms with Gasteiger partial charge < -0.3 is 15.0 Å². The van der Waals surface area contributed by atoms with Crippen LogP contribution in [0.25, 0.3) is 11.2 Å². The van der Waals surface area contributed by atoms with Gasteiger partial charge in [0.25, 0.3) is 0 Å². The maximum atomic E-state index is 11.5. The van der Waals surface area contributed by atoms with Crippen molar-refractivity contribution in [2.75, 3.05) is 12.8 Å². The molecular formula is C20H23N5O2. The lowest BCUT2D eigenvalue weighted by Gasteiger charge is -2.10. The zero-order valence-corrected chi connectivity index (χ0v) is 15.4. The van der Waals surface area contributed by atoms with Crippen molar-refractivity contribution in [3.05, 3.63) is 47.5 Å². The Bertz CT molecular complexity index is 976. The second-order valence-electron chi connectivity index (χ2n) is 7.07. The van der Waals surface area contributed by atoms with Crippen molar-refractivity contribution < 1.29 is 9.53 Å². The quantitative estimate of drug-likeness (QED) is 0.699. The average Bonchev–Trinajstić information content (AvgIpc) is 3.33. The van der Waals surface area contributed by atoms with Crippen LogP contribution in [0.1, 0.15) is 48.6 Å². The van der Waals surface area contributed by atoms with Crippen LogP contribution in [0.5, 0.6) is 0 Å². The molecule has 0 unspecified atom stereocenters. The zero-order valence-electron chi connectivity index (χ0n) is 15.4. The van der Waals surface area contributed by atoms with Crippen molar-refractivity contribution in [1.82, 2.24) is 19.5 Å². The van der Waals surface area contributed by atoms with E-state index in [1.165, 1.54) is 20.0 Å². The third-order valence-electron chi connectivity index (χ3n) is 5.15. The summed E-state index contributed by atoms with van der Waals surface area (Å²) >= 11 is 0. The number of benzene rings is 1. The molecule has 0 amide bonds. The molecule has 140 valence electrons. The van der Waals surface area contributed by atoms with Gasteiger partial charge in [-0.25, -0.2) is 15.0 Å². The van der Waals surface area contributed by atoms with Crippen molar-refractivity contribution in [3.8, 4) is 0 Å². The van der Waals surface area contributed by atoms with E-state index in [4.69, 9.17) is 15.5 Å². The molecule has 7 heteroatoms. The molecule has 1 saturated carbocycles. The molecule has 2 aromatic heterocycles. The van der Waals surface area contributed by atoms with Gasteiger partial charge in [0, 0.05) is 5.92 Å². The molecule has 3 aromatic rings. The highest BCUT2D eigenvalue weighted by atomic mass is 16.5. The van der Waals surface area contributed by atoms with Crippen molar-refractivity contribution in [3.63, 3.8) is 0 Å². The zero-order chi connectivity index (χ0) is 18.8. The molecule has 7 nitrogen and oxygen atoms in total. The Labute approximate surface area is 157 Å². The van der Waals surface area contributed by atoms with Gasteiger partial charge >= 0.3 is 5.97 Å². The number of hydrogen-bond acceptors (Lipinski definition) is 6. The number of carbonyl (C=O) groups is 1. The van der Waals surface area contributed by atoms with Crippen LogP contribution < -0.4 is 5.73 Å². The van der Waals surface area contributed by atoms with Gasteiger partial charge in [-0.15, -0.1) is 0 Å². The molecule has 0 saturated heterocycles. The standard InChI is InChI=1S/C20H23N5O2/c1-27-16(26)10-13-5-4-6-14(9-13)11-25-12-22-17-18(21)23-19(24-20(17)25)15-7-2-3-8-15/h4-6,9,12,15H,2-3,7-8,10-11H2,1H3,(H2,21,23,24). The predicted molar refractivity (Wildman–Crippen MR) is 102 cm³/mol. The molecule has 1 aliphatic rings. The SMILES string of the molecule is COC(=O)Cc1cccc(Cn2cnc3c(N)nc(C4CCCC4)nc32)c1.